The number of rotatable bonds is 3. The Morgan fingerprint density at radius 3 is 2.43 bits per heavy atom. The summed E-state index contributed by atoms with van der Waals surface area (Å²) in [5.41, 5.74) is 0. The second-order valence-corrected chi connectivity index (χ2v) is 4.88. The molecule has 0 bridgehead atoms. The zero-order valence-corrected chi connectivity index (χ0v) is 8.69. The Hall–Kier alpha value is 1.79. The Balaban J connectivity index is 2.68. The summed E-state index contributed by atoms with van der Waals surface area (Å²) in [7, 11) is 0. The molecule has 0 saturated heterocycles. The lowest BCUT2D eigenvalue weighted by Crippen LogP contribution is -1.86. The maximum Gasteiger partial charge on any atom is 0.317 e. The van der Waals surface area contributed by atoms with Crippen molar-refractivity contribution in [2.75, 3.05) is 0 Å². The van der Waals surface area contributed by atoms with Gasteiger partial charge in [-0.3, -0.25) is 0 Å². The van der Waals surface area contributed by atoms with Gasteiger partial charge >= 0.3 is 3.85 Å². The molecule has 0 heterocycles. The molecule has 0 radical (unpaired) electrons. The summed E-state index contributed by atoms with van der Waals surface area (Å²) in [6, 6.07) is 0. The van der Waals surface area contributed by atoms with Crippen molar-refractivity contribution in [3.05, 3.63) is 0 Å². The Labute approximate surface area is 74.8 Å². The minimum absolute atomic E-state index is 0.437. The molecule has 0 amide bonds. The van der Waals surface area contributed by atoms with Crippen molar-refractivity contribution >= 4 is 61.1 Å². The van der Waals surface area contributed by atoms with Gasteiger partial charge < -0.3 is 0 Å². The topological polar surface area (TPSA) is 18.5 Å². The smallest absolute Gasteiger partial charge is 0.164 e. The molecule has 0 aromatic heterocycles. The number of hydrogen-bond acceptors (Lipinski definition) is 3. The van der Waals surface area contributed by atoms with Crippen molar-refractivity contribution < 1.29 is 7.55 Å². The first-order chi connectivity index (χ1) is 3.27. The summed E-state index contributed by atoms with van der Waals surface area (Å²) in [4.78, 5) is 0. The molecule has 0 atom stereocenters. The molecule has 0 aromatic carbocycles. The van der Waals surface area contributed by atoms with E-state index in [9.17, 15) is 0 Å². The van der Waals surface area contributed by atoms with Gasteiger partial charge in [0.15, 0.2) is 23.0 Å². The average molecular weight is 344 g/mol. The van der Waals surface area contributed by atoms with Crippen LogP contribution in [0.15, 0.2) is 0 Å². The largest absolute Gasteiger partial charge is 0.317 e. The van der Waals surface area contributed by atoms with Crippen molar-refractivity contribution in [3.8, 4) is 0 Å². The van der Waals surface area contributed by atoms with Crippen LogP contribution in [0, 0.1) is 0 Å². The highest BCUT2D eigenvalue weighted by Crippen LogP contribution is 2.15. The molecule has 0 saturated carbocycles. The summed E-state index contributed by atoms with van der Waals surface area (Å²) >= 11 is 5.18. The lowest BCUT2D eigenvalue weighted by molar-refractivity contribution is -0.0183. The molecule has 0 aliphatic rings. The van der Waals surface area contributed by atoms with Crippen LogP contribution in [0.5, 0.6) is 0 Å². The van der Waals surface area contributed by atoms with E-state index < -0.39 is 0 Å². The Morgan fingerprint density at radius 2 is 2.29 bits per heavy atom. The maximum absolute atomic E-state index is 4.49. The molecule has 0 aliphatic carbocycles. The van der Waals surface area contributed by atoms with E-state index >= 15 is 0 Å². The first kappa shape index (κ1) is 8.79. The molecule has 0 unspecified atom stereocenters. The minimum atomic E-state index is 0.437. The third-order valence-electron chi connectivity index (χ3n) is 0.198. The monoisotopic (exact) mass is 344 g/mol. The number of hydrogen-bond donors (Lipinski definition) is 0. The normalized spacial score (nSPS) is 9.00. The van der Waals surface area contributed by atoms with Crippen LogP contribution in [0.3, 0.4) is 0 Å². The fourth-order valence-corrected chi connectivity index (χ4v) is 0.715. The van der Waals surface area contributed by atoms with Crippen molar-refractivity contribution in [3.63, 3.8) is 0 Å². The van der Waals surface area contributed by atoms with E-state index in [1.165, 1.54) is 11.9 Å². The van der Waals surface area contributed by atoms with Crippen LogP contribution in [-0.2, 0) is 7.55 Å². The van der Waals surface area contributed by atoms with Gasteiger partial charge in [0.2, 0.25) is 0 Å². The van der Waals surface area contributed by atoms with E-state index in [0.29, 0.717) is 3.85 Å². The molecule has 6 heteroatoms. The van der Waals surface area contributed by atoms with Gasteiger partial charge in [-0.25, -0.2) is 0 Å². The summed E-state index contributed by atoms with van der Waals surface area (Å²) in [6.45, 7) is 2.01. The molecule has 2 nitrogen and oxygen atoms in total. The van der Waals surface area contributed by atoms with Gasteiger partial charge in [0.1, 0.15) is 0 Å². The van der Waals surface area contributed by atoms with Crippen molar-refractivity contribution in [2.45, 2.75) is 6.82 Å². The predicted octanol–water partition coefficient (Wildman–Crippen LogP) is 2.49. The molecule has 42 valence electrons. The van der Waals surface area contributed by atoms with Crippen LogP contribution in [0.25, 0.3) is 0 Å². The Bertz CT molecular complexity index is 44.7. The molecule has 0 N–H and O–H groups in total. The van der Waals surface area contributed by atoms with E-state index in [2.05, 4.69) is 29.9 Å². The summed E-state index contributed by atoms with van der Waals surface area (Å²) in [5.74, 6) is 0. The molecule has 7 heavy (non-hydrogen) atoms. The average Bonchev–Trinajstić information content (AvgIpc) is 1.61. The van der Waals surface area contributed by atoms with Crippen molar-refractivity contribution in [1.82, 2.24) is 0 Å². The van der Waals surface area contributed by atoms with Crippen LogP contribution >= 0.6 is 57.3 Å². The fraction of sp³-hybridized carbons (Fsp3) is 1.00. The fourth-order valence-electron chi connectivity index (χ4n) is 0.0690. The van der Waals surface area contributed by atoms with E-state index in [0.717, 1.165) is 0 Å². The van der Waals surface area contributed by atoms with E-state index in [-0.39, 0.29) is 0 Å². The highest BCUT2D eigenvalue weighted by molar-refractivity contribution is 14.1. The van der Waals surface area contributed by atoms with E-state index in [4.69, 9.17) is 0 Å². The van der Waals surface area contributed by atoms with Gasteiger partial charge in [0.25, 0.3) is 0 Å². The minimum Gasteiger partial charge on any atom is -0.164 e. The van der Waals surface area contributed by atoms with Crippen molar-refractivity contribution in [2.24, 2.45) is 0 Å². The summed E-state index contributed by atoms with van der Waals surface area (Å²) < 4.78 is 9.21. The Morgan fingerprint density at radius 1 is 1.71 bits per heavy atom. The SMILES string of the molecule is CB(I)SOOI. The van der Waals surface area contributed by atoms with Crippen LogP contribution in [-0.4, -0.2) is 3.85 Å². The molecular weight excluding hydrogens is 341 g/mol. The van der Waals surface area contributed by atoms with Gasteiger partial charge in [-0.2, -0.15) is 7.55 Å². The van der Waals surface area contributed by atoms with Crippen LogP contribution in [0.4, 0.5) is 0 Å². The van der Waals surface area contributed by atoms with Crippen LogP contribution < -0.4 is 0 Å². The highest BCUT2D eigenvalue weighted by atomic mass is 127. The van der Waals surface area contributed by atoms with Gasteiger partial charge in [0, 0.05) is 0 Å². The second kappa shape index (κ2) is 5.92. The van der Waals surface area contributed by atoms with Gasteiger partial charge in [-0.1, -0.05) is 6.82 Å². The molecule has 0 aromatic rings. The van der Waals surface area contributed by atoms with E-state index in [1.54, 1.807) is 23.0 Å². The second-order valence-electron chi connectivity index (χ2n) is 0.770. The van der Waals surface area contributed by atoms with Gasteiger partial charge in [0.05, 0.1) is 0 Å². The lowest BCUT2D eigenvalue weighted by Gasteiger charge is -1.92. The Kier molecular flexibility index (Phi) is 7.44. The van der Waals surface area contributed by atoms with E-state index in [1.807, 2.05) is 6.82 Å². The first-order valence-electron chi connectivity index (χ1n) is 1.52. The van der Waals surface area contributed by atoms with Gasteiger partial charge in [-0.05, 0) is 11.9 Å². The highest BCUT2D eigenvalue weighted by Gasteiger charge is 2.01. The zero-order valence-electron chi connectivity index (χ0n) is 3.56. The third kappa shape index (κ3) is 7.79. The molecule has 0 rings (SSSR count). The van der Waals surface area contributed by atoms with Crippen molar-refractivity contribution in [1.29, 1.82) is 0 Å². The zero-order chi connectivity index (χ0) is 5.70. The number of halogens is 2. The molecule has 0 fully saturated rings. The van der Waals surface area contributed by atoms with Gasteiger partial charge in [-0.15, -0.1) is 22.4 Å². The maximum atomic E-state index is 4.49. The molecule has 0 aliphatic heterocycles. The summed E-state index contributed by atoms with van der Waals surface area (Å²) in [5, 5.41) is 0. The standard InChI is InChI=1S/CH3BI2O2S/c1-2(3)7-6-5-4/h1H3. The third-order valence-corrected chi connectivity index (χ3v) is 1.66. The molecular formula is CH3BI2O2S. The van der Waals surface area contributed by atoms with Crippen LogP contribution in [0.2, 0.25) is 6.82 Å². The quantitative estimate of drug-likeness (QED) is 0.258. The van der Waals surface area contributed by atoms with Crippen LogP contribution in [0.1, 0.15) is 0 Å². The first-order valence-corrected chi connectivity index (χ1v) is 4.45. The summed E-state index contributed by atoms with van der Waals surface area (Å²) in [6.07, 6.45) is 0. The molecule has 0 spiro atoms. The lowest BCUT2D eigenvalue weighted by atomic mass is 10.2. The predicted molar refractivity (Wildman–Crippen MR) is 49.4 cm³/mol.